The first-order chi connectivity index (χ1) is 11.3. The third kappa shape index (κ3) is 5.38. The van der Waals surface area contributed by atoms with E-state index in [9.17, 15) is 9.59 Å². The minimum atomic E-state index is -0.482. The van der Waals surface area contributed by atoms with Gasteiger partial charge in [0, 0.05) is 28.4 Å². The molecule has 0 saturated carbocycles. The number of rotatable bonds is 5. The Kier molecular flexibility index (Phi) is 6.06. The summed E-state index contributed by atoms with van der Waals surface area (Å²) >= 11 is 4.65. The van der Waals surface area contributed by atoms with Crippen LogP contribution in [0.2, 0.25) is 0 Å². The lowest BCUT2D eigenvalue weighted by atomic mass is 9.96. The quantitative estimate of drug-likeness (QED) is 0.791. The molecule has 0 radical (unpaired) electrons. The van der Waals surface area contributed by atoms with Gasteiger partial charge in [-0.3, -0.25) is 9.59 Å². The normalized spacial score (nSPS) is 11.2. The fourth-order valence-corrected chi connectivity index (χ4v) is 2.84. The summed E-state index contributed by atoms with van der Waals surface area (Å²) in [6, 6.07) is 7.20. The second kappa shape index (κ2) is 7.85. The van der Waals surface area contributed by atoms with Crippen LogP contribution in [0.5, 0.6) is 0 Å². The highest BCUT2D eigenvalue weighted by Gasteiger charge is 2.22. The summed E-state index contributed by atoms with van der Waals surface area (Å²) in [5.41, 5.74) is 0.115. The Labute approximate surface area is 153 Å². The molecule has 0 saturated heterocycles. The minimum Gasteiger partial charge on any atom is -0.352 e. The molecular weight excluding hydrogens is 392 g/mol. The Morgan fingerprint density at radius 1 is 1.25 bits per heavy atom. The van der Waals surface area contributed by atoms with Crippen molar-refractivity contribution >= 4 is 44.2 Å². The van der Waals surface area contributed by atoms with Crippen molar-refractivity contribution in [3.8, 4) is 0 Å². The molecule has 2 aromatic rings. The second-order valence-corrected chi connectivity index (χ2v) is 8.20. The van der Waals surface area contributed by atoms with Crippen LogP contribution in [0.4, 0.5) is 5.13 Å². The van der Waals surface area contributed by atoms with Crippen molar-refractivity contribution in [1.29, 1.82) is 0 Å². The van der Waals surface area contributed by atoms with Crippen molar-refractivity contribution in [2.75, 3.05) is 11.9 Å². The van der Waals surface area contributed by atoms with Gasteiger partial charge in [0.1, 0.15) is 5.01 Å². The van der Waals surface area contributed by atoms with Gasteiger partial charge in [0.2, 0.25) is 11.0 Å². The van der Waals surface area contributed by atoms with E-state index in [4.69, 9.17) is 0 Å². The summed E-state index contributed by atoms with van der Waals surface area (Å²) in [7, 11) is 0. The van der Waals surface area contributed by atoms with Crippen LogP contribution >= 0.6 is 27.3 Å². The molecule has 8 heteroatoms. The number of halogens is 1. The van der Waals surface area contributed by atoms with Gasteiger partial charge >= 0.3 is 0 Å². The molecular formula is C16H19BrN4O2S. The molecule has 1 aromatic heterocycles. The highest BCUT2D eigenvalue weighted by molar-refractivity contribution is 9.10. The third-order valence-corrected chi connectivity index (χ3v) is 4.47. The maximum Gasteiger partial charge on any atom is 0.251 e. The number of carbonyl (C=O) groups excluding carboxylic acids is 2. The highest BCUT2D eigenvalue weighted by Crippen LogP contribution is 2.20. The van der Waals surface area contributed by atoms with Crippen LogP contribution in [0.15, 0.2) is 28.7 Å². The Bertz CT molecular complexity index is 740. The zero-order valence-corrected chi connectivity index (χ0v) is 16.1. The van der Waals surface area contributed by atoms with E-state index in [1.165, 1.54) is 11.3 Å². The summed E-state index contributed by atoms with van der Waals surface area (Å²) in [5.74, 6) is -0.241. The lowest BCUT2D eigenvalue weighted by Gasteiger charge is -2.15. The summed E-state index contributed by atoms with van der Waals surface area (Å²) in [5, 5.41) is 14.8. The molecule has 128 valence electrons. The molecule has 1 heterocycles. The minimum absolute atomic E-state index is 0.104. The Morgan fingerprint density at radius 2 is 2.00 bits per heavy atom. The predicted molar refractivity (Wildman–Crippen MR) is 98.2 cm³/mol. The number of benzene rings is 1. The number of aromatic nitrogens is 2. The maximum absolute atomic E-state index is 12.0. The number of nitrogens with one attached hydrogen (secondary N) is 2. The molecule has 24 heavy (non-hydrogen) atoms. The summed E-state index contributed by atoms with van der Waals surface area (Å²) in [6.45, 7) is 5.96. The highest BCUT2D eigenvalue weighted by atomic mass is 79.9. The maximum atomic E-state index is 12.0. The summed E-state index contributed by atoms with van der Waals surface area (Å²) in [6.07, 6.45) is 0.558. The van der Waals surface area contributed by atoms with Gasteiger partial charge in [-0.2, -0.15) is 0 Å². The smallest absolute Gasteiger partial charge is 0.251 e. The SMILES string of the molecule is CC(C)(C)C(=O)Nc1nnc(CCNC(=O)c2cccc(Br)c2)s1. The zero-order valence-electron chi connectivity index (χ0n) is 13.7. The Balaban J connectivity index is 1.83. The van der Waals surface area contributed by atoms with E-state index < -0.39 is 5.41 Å². The second-order valence-electron chi connectivity index (χ2n) is 6.22. The van der Waals surface area contributed by atoms with Gasteiger partial charge in [0.15, 0.2) is 0 Å². The van der Waals surface area contributed by atoms with Crippen LogP contribution in [0, 0.1) is 5.41 Å². The number of hydrogen-bond donors (Lipinski definition) is 2. The molecule has 0 aliphatic carbocycles. The topological polar surface area (TPSA) is 84.0 Å². The van der Waals surface area contributed by atoms with Crippen LogP contribution in [-0.4, -0.2) is 28.6 Å². The molecule has 0 unspecified atom stereocenters. The number of nitrogens with zero attached hydrogens (tertiary/aromatic N) is 2. The molecule has 0 spiro atoms. The predicted octanol–water partition coefficient (Wildman–Crippen LogP) is 3.26. The third-order valence-electron chi connectivity index (χ3n) is 3.08. The van der Waals surface area contributed by atoms with E-state index in [1.807, 2.05) is 32.9 Å². The summed E-state index contributed by atoms with van der Waals surface area (Å²) in [4.78, 5) is 23.9. The summed E-state index contributed by atoms with van der Waals surface area (Å²) < 4.78 is 0.860. The van der Waals surface area contributed by atoms with Gasteiger partial charge in [-0.15, -0.1) is 10.2 Å². The van der Waals surface area contributed by atoms with Crippen LogP contribution in [0.25, 0.3) is 0 Å². The molecule has 0 fully saturated rings. The molecule has 6 nitrogen and oxygen atoms in total. The molecule has 1 aromatic carbocycles. The number of amides is 2. The lowest BCUT2D eigenvalue weighted by Crippen LogP contribution is -2.27. The average molecular weight is 411 g/mol. The monoisotopic (exact) mass is 410 g/mol. The number of anilines is 1. The Morgan fingerprint density at radius 3 is 2.67 bits per heavy atom. The van der Waals surface area contributed by atoms with Crippen molar-refractivity contribution in [1.82, 2.24) is 15.5 Å². The van der Waals surface area contributed by atoms with E-state index in [2.05, 4.69) is 36.8 Å². The van der Waals surface area contributed by atoms with Crippen LogP contribution in [-0.2, 0) is 11.2 Å². The van der Waals surface area contributed by atoms with Gasteiger partial charge < -0.3 is 10.6 Å². The fourth-order valence-electron chi connectivity index (χ4n) is 1.70. The zero-order chi connectivity index (χ0) is 17.7. The van der Waals surface area contributed by atoms with E-state index >= 15 is 0 Å². The largest absolute Gasteiger partial charge is 0.352 e. The molecule has 0 atom stereocenters. The van der Waals surface area contributed by atoms with Gasteiger partial charge in [-0.1, -0.05) is 54.1 Å². The molecule has 0 bridgehead atoms. The Hall–Kier alpha value is -1.80. The van der Waals surface area contributed by atoms with Crippen molar-refractivity contribution < 1.29 is 9.59 Å². The molecule has 2 amide bonds. The molecule has 2 rings (SSSR count). The fraction of sp³-hybridized carbons (Fsp3) is 0.375. The van der Waals surface area contributed by atoms with Crippen LogP contribution in [0.3, 0.4) is 0 Å². The number of hydrogen-bond acceptors (Lipinski definition) is 5. The van der Waals surface area contributed by atoms with Gasteiger partial charge in [0.05, 0.1) is 0 Å². The molecule has 0 aliphatic heterocycles. The first-order valence-corrected chi connectivity index (χ1v) is 9.04. The van der Waals surface area contributed by atoms with Gasteiger partial charge in [0.25, 0.3) is 5.91 Å². The molecule has 2 N–H and O–H groups in total. The lowest BCUT2D eigenvalue weighted by molar-refractivity contribution is -0.123. The van der Waals surface area contributed by atoms with Crippen LogP contribution in [0.1, 0.15) is 36.1 Å². The standard InChI is InChI=1S/C16H19BrN4O2S/c1-16(2,3)14(23)19-15-21-20-12(24-15)7-8-18-13(22)10-5-4-6-11(17)9-10/h4-6,9H,7-8H2,1-3H3,(H,18,22)(H,19,21,23). The van der Waals surface area contributed by atoms with Crippen molar-refractivity contribution in [2.24, 2.45) is 5.41 Å². The average Bonchev–Trinajstić information content (AvgIpc) is 2.93. The first kappa shape index (κ1) is 18.5. The number of carbonyl (C=O) groups is 2. The van der Waals surface area contributed by atoms with Crippen molar-refractivity contribution in [2.45, 2.75) is 27.2 Å². The van der Waals surface area contributed by atoms with Crippen LogP contribution < -0.4 is 10.6 Å². The first-order valence-electron chi connectivity index (χ1n) is 7.43. The van der Waals surface area contributed by atoms with Crippen molar-refractivity contribution in [3.63, 3.8) is 0 Å². The van der Waals surface area contributed by atoms with E-state index in [-0.39, 0.29) is 11.8 Å². The molecule has 0 aliphatic rings. The van der Waals surface area contributed by atoms with Gasteiger partial charge in [-0.05, 0) is 18.2 Å². The van der Waals surface area contributed by atoms with E-state index in [0.29, 0.717) is 23.7 Å². The van der Waals surface area contributed by atoms with Gasteiger partial charge in [-0.25, -0.2) is 0 Å². The van der Waals surface area contributed by atoms with Crippen molar-refractivity contribution in [3.05, 3.63) is 39.3 Å². The van der Waals surface area contributed by atoms with E-state index in [0.717, 1.165) is 9.48 Å². The van der Waals surface area contributed by atoms with E-state index in [1.54, 1.807) is 12.1 Å².